The lowest BCUT2D eigenvalue weighted by atomic mass is 9.86. The molecule has 3 aromatic heterocycles. The number of likely N-dealkylation sites (tertiary alicyclic amines) is 1. The molecule has 1 saturated heterocycles. The second-order valence-corrected chi connectivity index (χ2v) is 9.49. The lowest BCUT2D eigenvalue weighted by Crippen LogP contribution is -2.51. The topological polar surface area (TPSA) is 119 Å². The van der Waals surface area contributed by atoms with Gasteiger partial charge < -0.3 is 20.5 Å². The molecule has 1 aromatic carbocycles. The summed E-state index contributed by atoms with van der Waals surface area (Å²) in [5, 5.41) is 15.2. The van der Waals surface area contributed by atoms with Crippen molar-refractivity contribution in [2.75, 3.05) is 25.9 Å². The summed E-state index contributed by atoms with van der Waals surface area (Å²) in [7, 11) is 1.32. The maximum absolute atomic E-state index is 13.8. The third-order valence-electron chi connectivity index (χ3n) is 6.75. The number of pyridine rings is 1. The highest BCUT2D eigenvalue weighted by Gasteiger charge is 2.38. The number of ether oxygens (including phenoxy) is 1. The Morgan fingerprint density at radius 3 is 2.64 bits per heavy atom. The fraction of sp³-hybridized carbons (Fsp3) is 0.308. The molecule has 1 amide bonds. The van der Waals surface area contributed by atoms with Crippen molar-refractivity contribution in [2.45, 2.75) is 31.0 Å². The van der Waals surface area contributed by atoms with Gasteiger partial charge in [-0.15, -0.1) is 0 Å². The first-order chi connectivity index (χ1) is 18.5. The molecule has 4 aromatic rings. The van der Waals surface area contributed by atoms with Crippen molar-refractivity contribution in [2.24, 2.45) is 0 Å². The molecule has 0 radical (unpaired) electrons. The minimum atomic E-state index is -4.73. The standard InChI is InChI=1S/C26H24F4N6O3/c1-39-23-18(24(37)35-8-2-7-25(38,13-35)11-15-3-5-17(27)6-4-15)9-16(12-32-23)20-10-19(26(28,29)30)21-22(31)33-14-34-36(20)21/h3-6,9-10,12,14,38H,2,7-8,11,13H2,1H3,(H2,31,33,34). The van der Waals surface area contributed by atoms with Crippen LogP contribution in [0.25, 0.3) is 16.8 Å². The zero-order valence-corrected chi connectivity index (χ0v) is 20.7. The molecule has 1 unspecified atom stereocenters. The highest BCUT2D eigenvalue weighted by molar-refractivity contribution is 5.97. The number of aliphatic hydroxyl groups is 1. The third kappa shape index (κ3) is 5.09. The normalized spacial score (nSPS) is 17.9. The van der Waals surface area contributed by atoms with E-state index in [2.05, 4.69) is 15.1 Å². The third-order valence-corrected chi connectivity index (χ3v) is 6.75. The molecule has 5 rings (SSSR count). The van der Waals surface area contributed by atoms with E-state index in [9.17, 15) is 27.5 Å². The average molecular weight is 545 g/mol. The van der Waals surface area contributed by atoms with E-state index in [1.165, 1.54) is 36.4 Å². The average Bonchev–Trinajstić information content (AvgIpc) is 3.31. The van der Waals surface area contributed by atoms with Crippen molar-refractivity contribution in [3.05, 3.63) is 71.4 Å². The zero-order chi connectivity index (χ0) is 27.9. The highest BCUT2D eigenvalue weighted by Crippen LogP contribution is 2.39. The molecule has 4 heterocycles. The van der Waals surface area contributed by atoms with E-state index in [-0.39, 0.29) is 41.5 Å². The van der Waals surface area contributed by atoms with Crippen LogP contribution < -0.4 is 10.5 Å². The van der Waals surface area contributed by atoms with Gasteiger partial charge in [-0.2, -0.15) is 18.3 Å². The van der Waals surface area contributed by atoms with E-state index in [1.54, 1.807) is 12.1 Å². The number of methoxy groups -OCH3 is 1. The number of carbonyl (C=O) groups excluding carboxylic acids is 1. The first-order valence-electron chi connectivity index (χ1n) is 12.0. The summed E-state index contributed by atoms with van der Waals surface area (Å²) in [5.41, 5.74) is 3.95. The number of hydrogen-bond acceptors (Lipinski definition) is 7. The lowest BCUT2D eigenvalue weighted by molar-refractivity contribution is -0.136. The molecule has 0 bridgehead atoms. The van der Waals surface area contributed by atoms with Crippen LogP contribution in [-0.4, -0.2) is 61.3 Å². The fourth-order valence-corrected chi connectivity index (χ4v) is 4.98. The van der Waals surface area contributed by atoms with Gasteiger partial charge in [0.25, 0.3) is 5.91 Å². The fourth-order valence-electron chi connectivity index (χ4n) is 4.98. The molecule has 0 saturated carbocycles. The number of aromatic nitrogens is 4. The Balaban J connectivity index is 1.50. The SMILES string of the molecule is COc1ncc(-c2cc(C(F)(F)F)c3c(N)ncnn23)cc1C(=O)N1CCCC(O)(Cc2ccc(F)cc2)C1. The number of halogens is 4. The van der Waals surface area contributed by atoms with Crippen LogP contribution in [0.2, 0.25) is 0 Å². The molecular formula is C26H24F4N6O3. The van der Waals surface area contributed by atoms with Crippen LogP contribution in [0.15, 0.2) is 48.9 Å². The molecule has 1 aliphatic heterocycles. The number of hydrogen-bond donors (Lipinski definition) is 2. The first-order valence-corrected chi connectivity index (χ1v) is 12.0. The van der Waals surface area contributed by atoms with Gasteiger partial charge in [-0.25, -0.2) is 18.9 Å². The van der Waals surface area contributed by atoms with Crippen LogP contribution in [0.4, 0.5) is 23.4 Å². The molecule has 39 heavy (non-hydrogen) atoms. The highest BCUT2D eigenvalue weighted by atomic mass is 19.4. The Kier molecular flexibility index (Phi) is 6.62. The molecule has 9 nitrogen and oxygen atoms in total. The van der Waals surface area contributed by atoms with E-state index in [0.717, 1.165) is 22.5 Å². The monoisotopic (exact) mass is 544 g/mol. The Morgan fingerprint density at radius 2 is 1.95 bits per heavy atom. The van der Waals surface area contributed by atoms with E-state index in [4.69, 9.17) is 10.5 Å². The van der Waals surface area contributed by atoms with Gasteiger partial charge in [0, 0.05) is 24.7 Å². The predicted molar refractivity (Wildman–Crippen MR) is 132 cm³/mol. The number of fused-ring (bicyclic) bond motifs is 1. The molecule has 1 fully saturated rings. The molecule has 1 aliphatic rings. The number of nitrogens with zero attached hydrogens (tertiary/aromatic N) is 5. The molecule has 13 heteroatoms. The molecule has 0 aliphatic carbocycles. The quantitative estimate of drug-likeness (QED) is 0.368. The van der Waals surface area contributed by atoms with Gasteiger partial charge in [-0.05, 0) is 42.7 Å². The number of amides is 1. The maximum atomic E-state index is 13.8. The second-order valence-electron chi connectivity index (χ2n) is 9.49. The predicted octanol–water partition coefficient (Wildman–Crippen LogP) is 3.75. The summed E-state index contributed by atoms with van der Waals surface area (Å²) in [4.78, 5) is 22.9. The van der Waals surface area contributed by atoms with Gasteiger partial charge in [-0.3, -0.25) is 4.79 Å². The summed E-state index contributed by atoms with van der Waals surface area (Å²) >= 11 is 0. The maximum Gasteiger partial charge on any atom is 0.418 e. The van der Waals surface area contributed by atoms with Gasteiger partial charge in [0.15, 0.2) is 5.82 Å². The number of anilines is 1. The van der Waals surface area contributed by atoms with Crippen molar-refractivity contribution in [3.63, 3.8) is 0 Å². The summed E-state index contributed by atoms with van der Waals surface area (Å²) in [6.45, 7) is 0.334. The van der Waals surface area contributed by atoms with E-state index in [0.29, 0.717) is 19.4 Å². The largest absolute Gasteiger partial charge is 0.480 e. The Morgan fingerprint density at radius 1 is 1.21 bits per heavy atom. The van der Waals surface area contributed by atoms with Gasteiger partial charge >= 0.3 is 6.18 Å². The number of β-amino-alcohol motifs (C(OH)–C–C–N with tert-alkyl or cyclic N) is 1. The smallest absolute Gasteiger partial charge is 0.418 e. The lowest BCUT2D eigenvalue weighted by Gasteiger charge is -2.39. The van der Waals surface area contributed by atoms with Crippen molar-refractivity contribution in [1.82, 2.24) is 24.5 Å². The number of piperidine rings is 1. The van der Waals surface area contributed by atoms with Gasteiger partial charge in [0.05, 0.1) is 30.5 Å². The molecule has 204 valence electrons. The minimum Gasteiger partial charge on any atom is -0.480 e. The number of rotatable bonds is 5. The first kappa shape index (κ1) is 26.4. The van der Waals surface area contributed by atoms with Gasteiger partial charge in [-0.1, -0.05) is 12.1 Å². The molecule has 1 atom stereocenters. The Labute approximate surface area is 219 Å². The summed E-state index contributed by atoms with van der Waals surface area (Å²) in [6.07, 6.45) is -1.27. The summed E-state index contributed by atoms with van der Waals surface area (Å²) in [5.74, 6) is -1.28. The van der Waals surface area contributed by atoms with Crippen LogP contribution in [0.3, 0.4) is 0 Å². The Hall–Kier alpha value is -4.26. The minimum absolute atomic E-state index is 0.00193. The van der Waals surface area contributed by atoms with E-state index < -0.39 is 34.6 Å². The van der Waals surface area contributed by atoms with Crippen LogP contribution in [0.5, 0.6) is 5.88 Å². The summed E-state index contributed by atoms with van der Waals surface area (Å²) < 4.78 is 60.9. The second kappa shape index (κ2) is 9.80. The van der Waals surface area contributed by atoms with Crippen LogP contribution >= 0.6 is 0 Å². The Bertz CT molecular complexity index is 1540. The number of nitrogens with two attached hydrogens (primary N) is 1. The molecule has 0 spiro atoms. The van der Waals surface area contributed by atoms with Crippen molar-refractivity contribution >= 4 is 17.2 Å². The number of carbonyl (C=O) groups is 1. The van der Waals surface area contributed by atoms with Crippen molar-refractivity contribution in [1.29, 1.82) is 0 Å². The number of benzene rings is 1. The van der Waals surface area contributed by atoms with Crippen LogP contribution in [0, 0.1) is 5.82 Å². The molecule has 3 N–H and O–H groups in total. The van der Waals surface area contributed by atoms with Crippen molar-refractivity contribution in [3.8, 4) is 17.1 Å². The van der Waals surface area contributed by atoms with E-state index in [1.807, 2.05) is 0 Å². The molecular weight excluding hydrogens is 520 g/mol. The zero-order valence-electron chi connectivity index (χ0n) is 20.7. The van der Waals surface area contributed by atoms with E-state index >= 15 is 0 Å². The van der Waals surface area contributed by atoms with Gasteiger partial charge in [0.2, 0.25) is 5.88 Å². The number of nitrogen functional groups attached to an aromatic ring is 1. The van der Waals surface area contributed by atoms with Crippen LogP contribution in [0.1, 0.15) is 34.3 Å². The summed E-state index contributed by atoms with van der Waals surface area (Å²) in [6, 6.07) is 8.03. The van der Waals surface area contributed by atoms with Crippen LogP contribution in [-0.2, 0) is 12.6 Å². The number of alkyl halides is 3. The van der Waals surface area contributed by atoms with Crippen molar-refractivity contribution < 1.29 is 32.2 Å². The van der Waals surface area contributed by atoms with Gasteiger partial charge in [0.1, 0.15) is 23.2 Å².